The van der Waals surface area contributed by atoms with E-state index in [4.69, 9.17) is 5.73 Å². The maximum atomic E-state index is 10.6. The lowest BCUT2D eigenvalue weighted by molar-refractivity contribution is -0.117. The van der Waals surface area contributed by atoms with Gasteiger partial charge in [-0.3, -0.25) is 4.79 Å². The second-order valence-electron chi connectivity index (χ2n) is 4.01. The summed E-state index contributed by atoms with van der Waals surface area (Å²) in [6, 6.07) is 9.98. The van der Waals surface area contributed by atoms with Crippen LogP contribution in [0.15, 0.2) is 42.7 Å². The molecule has 5 heteroatoms. The van der Waals surface area contributed by atoms with Crippen LogP contribution in [0.4, 0.5) is 0 Å². The van der Waals surface area contributed by atoms with Gasteiger partial charge in [0.1, 0.15) is 0 Å². The molecule has 0 aliphatic heterocycles. The smallest absolute Gasteiger partial charge is 0.218 e. The van der Waals surface area contributed by atoms with Crippen LogP contribution in [-0.2, 0) is 11.3 Å². The van der Waals surface area contributed by atoms with Crippen molar-refractivity contribution >= 4 is 5.91 Å². The van der Waals surface area contributed by atoms with Crippen molar-refractivity contribution in [3.05, 3.63) is 48.3 Å². The Hall–Kier alpha value is -2.14. The van der Waals surface area contributed by atoms with Gasteiger partial charge in [-0.05, 0) is 23.8 Å². The lowest BCUT2D eigenvalue weighted by Gasteiger charge is -2.05. The first kappa shape index (κ1) is 12.3. The van der Waals surface area contributed by atoms with Crippen molar-refractivity contribution in [1.29, 1.82) is 0 Å². The summed E-state index contributed by atoms with van der Waals surface area (Å²) in [5.41, 5.74) is 7.25. The molecule has 0 saturated carbocycles. The van der Waals surface area contributed by atoms with Crippen molar-refractivity contribution in [2.45, 2.75) is 13.0 Å². The Bertz CT molecular complexity index is 490. The average molecular weight is 244 g/mol. The fourth-order valence-electron chi connectivity index (χ4n) is 1.63. The third-order valence-corrected chi connectivity index (χ3v) is 2.58. The Morgan fingerprint density at radius 3 is 2.72 bits per heavy atom. The molecule has 1 aromatic heterocycles. The highest BCUT2D eigenvalue weighted by Gasteiger charge is 1.98. The van der Waals surface area contributed by atoms with Gasteiger partial charge in [-0.25, -0.2) is 4.68 Å². The third kappa shape index (κ3) is 3.43. The van der Waals surface area contributed by atoms with E-state index in [-0.39, 0.29) is 5.91 Å². The van der Waals surface area contributed by atoms with Crippen LogP contribution in [0.2, 0.25) is 0 Å². The van der Waals surface area contributed by atoms with Crippen LogP contribution in [0.1, 0.15) is 12.0 Å². The summed E-state index contributed by atoms with van der Waals surface area (Å²) >= 11 is 0. The molecule has 0 radical (unpaired) electrons. The molecule has 3 N–H and O–H groups in total. The summed E-state index contributed by atoms with van der Waals surface area (Å²) < 4.78 is 1.81. The minimum Gasteiger partial charge on any atom is -0.370 e. The van der Waals surface area contributed by atoms with E-state index in [0.717, 1.165) is 17.8 Å². The van der Waals surface area contributed by atoms with E-state index < -0.39 is 0 Å². The zero-order valence-corrected chi connectivity index (χ0v) is 10.0. The van der Waals surface area contributed by atoms with Crippen molar-refractivity contribution < 1.29 is 4.79 Å². The molecule has 2 aromatic rings. The van der Waals surface area contributed by atoms with E-state index in [0.29, 0.717) is 13.0 Å². The van der Waals surface area contributed by atoms with E-state index >= 15 is 0 Å². The maximum Gasteiger partial charge on any atom is 0.218 e. The second-order valence-corrected chi connectivity index (χ2v) is 4.01. The summed E-state index contributed by atoms with van der Waals surface area (Å²) in [5.74, 6) is -0.281. The number of hydrogen-bond acceptors (Lipinski definition) is 3. The number of rotatable bonds is 6. The fraction of sp³-hybridized carbons (Fsp3) is 0.231. The molecule has 1 amide bonds. The van der Waals surface area contributed by atoms with Gasteiger partial charge in [0.25, 0.3) is 0 Å². The van der Waals surface area contributed by atoms with Crippen LogP contribution in [0.25, 0.3) is 5.69 Å². The predicted octanol–water partition coefficient (Wildman–Crippen LogP) is 0.837. The number of amides is 1. The zero-order valence-electron chi connectivity index (χ0n) is 10.0. The van der Waals surface area contributed by atoms with E-state index in [1.807, 2.05) is 41.2 Å². The Labute approximate surface area is 106 Å². The summed E-state index contributed by atoms with van der Waals surface area (Å²) in [6.07, 6.45) is 4.02. The molecule has 0 bridgehead atoms. The first-order valence-electron chi connectivity index (χ1n) is 5.84. The van der Waals surface area contributed by atoms with Crippen LogP contribution >= 0.6 is 0 Å². The van der Waals surface area contributed by atoms with Gasteiger partial charge in [0.05, 0.1) is 5.69 Å². The van der Waals surface area contributed by atoms with E-state index in [9.17, 15) is 4.79 Å². The standard InChI is InChI=1S/C13H16N4O/c14-13(18)6-8-15-10-11-2-4-12(5-3-11)17-9-1-7-16-17/h1-5,7,9,15H,6,8,10H2,(H2,14,18). The maximum absolute atomic E-state index is 10.6. The number of nitrogens with zero attached hydrogens (tertiary/aromatic N) is 2. The SMILES string of the molecule is NC(=O)CCNCc1ccc(-n2cccn2)cc1. The highest BCUT2D eigenvalue weighted by Crippen LogP contribution is 2.08. The van der Waals surface area contributed by atoms with Crippen molar-refractivity contribution in [2.24, 2.45) is 5.73 Å². The monoisotopic (exact) mass is 244 g/mol. The van der Waals surface area contributed by atoms with E-state index in [1.165, 1.54) is 0 Å². The molecular weight excluding hydrogens is 228 g/mol. The lowest BCUT2D eigenvalue weighted by atomic mass is 10.2. The van der Waals surface area contributed by atoms with Crippen LogP contribution < -0.4 is 11.1 Å². The predicted molar refractivity (Wildman–Crippen MR) is 69.1 cm³/mol. The number of hydrogen-bond donors (Lipinski definition) is 2. The molecule has 0 fully saturated rings. The van der Waals surface area contributed by atoms with Gasteiger partial charge in [-0.2, -0.15) is 5.10 Å². The molecule has 5 nitrogen and oxygen atoms in total. The molecule has 1 aromatic carbocycles. The van der Waals surface area contributed by atoms with Gasteiger partial charge < -0.3 is 11.1 Å². The molecule has 2 rings (SSSR count). The molecule has 94 valence electrons. The Balaban J connectivity index is 1.86. The molecule has 18 heavy (non-hydrogen) atoms. The molecule has 0 spiro atoms. The molecular formula is C13H16N4O. The number of nitrogens with two attached hydrogens (primary N) is 1. The Morgan fingerprint density at radius 2 is 2.11 bits per heavy atom. The minimum absolute atomic E-state index is 0.281. The first-order chi connectivity index (χ1) is 8.75. The second kappa shape index (κ2) is 5.97. The Morgan fingerprint density at radius 1 is 1.33 bits per heavy atom. The van der Waals surface area contributed by atoms with E-state index in [2.05, 4.69) is 10.4 Å². The molecule has 0 atom stereocenters. The topological polar surface area (TPSA) is 72.9 Å². The number of benzene rings is 1. The number of carbonyl (C=O) groups is 1. The number of carbonyl (C=O) groups excluding carboxylic acids is 1. The van der Waals surface area contributed by atoms with Crippen LogP contribution in [0.5, 0.6) is 0 Å². The van der Waals surface area contributed by atoms with Gasteiger partial charge in [-0.1, -0.05) is 12.1 Å². The number of primary amides is 1. The molecule has 0 aliphatic carbocycles. The first-order valence-corrected chi connectivity index (χ1v) is 5.84. The van der Waals surface area contributed by atoms with Crippen molar-refractivity contribution in [3.63, 3.8) is 0 Å². The normalized spacial score (nSPS) is 10.4. The third-order valence-electron chi connectivity index (χ3n) is 2.58. The van der Waals surface area contributed by atoms with Gasteiger partial charge in [0.15, 0.2) is 0 Å². The minimum atomic E-state index is -0.281. The highest BCUT2D eigenvalue weighted by molar-refractivity contribution is 5.73. The van der Waals surface area contributed by atoms with E-state index in [1.54, 1.807) is 6.20 Å². The van der Waals surface area contributed by atoms with Gasteiger partial charge in [0.2, 0.25) is 5.91 Å². The Kier molecular flexibility index (Phi) is 4.09. The number of nitrogens with one attached hydrogen (secondary N) is 1. The largest absolute Gasteiger partial charge is 0.370 e. The quantitative estimate of drug-likeness (QED) is 0.739. The zero-order chi connectivity index (χ0) is 12.8. The van der Waals surface area contributed by atoms with Crippen LogP contribution in [0.3, 0.4) is 0 Å². The molecule has 0 saturated heterocycles. The summed E-state index contributed by atoms with van der Waals surface area (Å²) in [6.45, 7) is 1.34. The van der Waals surface area contributed by atoms with Crippen molar-refractivity contribution in [2.75, 3.05) is 6.54 Å². The van der Waals surface area contributed by atoms with Crippen molar-refractivity contribution in [3.8, 4) is 5.69 Å². The lowest BCUT2D eigenvalue weighted by Crippen LogP contribution is -2.21. The van der Waals surface area contributed by atoms with Crippen LogP contribution in [-0.4, -0.2) is 22.2 Å². The summed E-state index contributed by atoms with van der Waals surface area (Å²) in [5, 5.41) is 7.32. The molecule has 1 heterocycles. The van der Waals surface area contributed by atoms with Gasteiger partial charge in [-0.15, -0.1) is 0 Å². The van der Waals surface area contributed by atoms with Crippen LogP contribution in [0, 0.1) is 0 Å². The highest BCUT2D eigenvalue weighted by atomic mass is 16.1. The van der Waals surface area contributed by atoms with Crippen molar-refractivity contribution in [1.82, 2.24) is 15.1 Å². The molecule has 0 unspecified atom stereocenters. The fourth-order valence-corrected chi connectivity index (χ4v) is 1.63. The number of aromatic nitrogens is 2. The summed E-state index contributed by atoms with van der Waals surface area (Å²) in [4.78, 5) is 10.6. The average Bonchev–Trinajstić information content (AvgIpc) is 2.89. The molecule has 0 aliphatic rings. The van der Waals surface area contributed by atoms with Gasteiger partial charge >= 0.3 is 0 Å². The summed E-state index contributed by atoms with van der Waals surface area (Å²) in [7, 11) is 0. The van der Waals surface area contributed by atoms with Gasteiger partial charge in [0, 0.05) is 31.9 Å².